The number of para-hydroxylation sites is 1. The summed E-state index contributed by atoms with van der Waals surface area (Å²) in [6.07, 6.45) is 2.49. The molecular weight excluding hydrogens is 264 g/mol. The Morgan fingerprint density at radius 3 is 2.05 bits per heavy atom. The van der Waals surface area contributed by atoms with Crippen LogP contribution < -0.4 is 0 Å². The minimum Gasteiger partial charge on any atom is -0.507 e. The van der Waals surface area contributed by atoms with Gasteiger partial charge in [-0.2, -0.15) is 0 Å². The number of phenolic OH excluding ortho intramolecular Hbond substituents is 3. The summed E-state index contributed by atoms with van der Waals surface area (Å²) in [5.41, 5.74) is 4.49. The lowest BCUT2D eigenvalue weighted by atomic mass is 9.87. The molecule has 0 radical (unpaired) electrons. The fraction of sp³-hybridized carbons (Fsp3) is 0.333. The zero-order valence-electron chi connectivity index (χ0n) is 12.8. The van der Waals surface area contributed by atoms with Gasteiger partial charge in [-0.25, -0.2) is 0 Å². The number of phenols is 3. The van der Waals surface area contributed by atoms with E-state index in [9.17, 15) is 15.3 Å². The van der Waals surface area contributed by atoms with Gasteiger partial charge >= 0.3 is 0 Å². The zero-order chi connectivity index (χ0) is 15.6. The SMILES string of the molecule is CCc1cc(O)c(-c2cccc(O)c2O)c(CC)c1CC. The molecule has 3 heteroatoms. The Labute approximate surface area is 125 Å². The van der Waals surface area contributed by atoms with Crippen LogP contribution in [0.15, 0.2) is 24.3 Å². The minimum atomic E-state index is -0.186. The molecule has 0 aliphatic rings. The maximum atomic E-state index is 10.4. The van der Waals surface area contributed by atoms with Gasteiger partial charge in [-0.1, -0.05) is 32.9 Å². The number of hydrogen-bond donors (Lipinski definition) is 3. The second-order valence-corrected chi connectivity index (χ2v) is 5.12. The number of benzene rings is 2. The van der Waals surface area contributed by atoms with Crippen molar-refractivity contribution < 1.29 is 15.3 Å². The highest BCUT2D eigenvalue weighted by Crippen LogP contribution is 2.44. The summed E-state index contributed by atoms with van der Waals surface area (Å²) in [7, 11) is 0. The van der Waals surface area contributed by atoms with Crippen LogP contribution in [0.5, 0.6) is 17.2 Å². The molecule has 0 unspecified atom stereocenters. The molecule has 2 aromatic rings. The highest BCUT2D eigenvalue weighted by molar-refractivity contribution is 5.81. The van der Waals surface area contributed by atoms with Crippen LogP contribution in [0.25, 0.3) is 11.1 Å². The van der Waals surface area contributed by atoms with Gasteiger partial charge in [0, 0.05) is 11.1 Å². The van der Waals surface area contributed by atoms with E-state index >= 15 is 0 Å². The summed E-state index contributed by atoms with van der Waals surface area (Å²) >= 11 is 0. The molecule has 0 fully saturated rings. The monoisotopic (exact) mass is 286 g/mol. The molecule has 0 aromatic heterocycles. The molecule has 0 aliphatic heterocycles. The third-order valence-corrected chi connectivity index (χ3v) is 3.99. The van der Waals surface area contributed by atoms with Gasteiger partial charge in [-0.05, 0) is 48.1 Å². The number of hydrogen-bond acceptors (Lipinski definition) is 3. The van der Waals surface area contributed by atoms with Crippen LogP contribution in [0.2, 0.25) is 0 Å². The van der Waals surface area contributed by atoms with Gasteiger partial charge in [-0.15, -0.1) is 0 Å². The summed E-state index contributed by atoms with van der Waals surface area (Å²) in [5.74, 6) is -0.206. The van der Waals surface area contributed by atoms with Crippen LogP contribution in [-0.4, -0.2) is 15.3 Å². The first-order valence-corrected chi connectivity index (χ1v) is 7.42. The molecule has 0 aliphatic carbocycles. The van der Waals surface area contributed by atoms with Crippen molar-refractivity contribution in [1.82, 2.24) is 0 Å². The maximum Gasteiger partial charge on any atom is 0.165 e. The summed E-state index contributed by atoms with van der Waals surface area (Å²) in [4.78, 5) is 0. The summed E-state index contributed by atoms with van der Waals surface area (Å²) in [6, 6.07) is 6.59. The van der Waals surface area contributed by atoms with E-state index in [1.54, 1.807) is 18.2 Å². The lowest BCUT2D eigenvalue weighted by Crippen LogP contribution is -2.01. The van der Waals surface area contributed by atoms with Gasteiger partial charge in [0.2, 0.25) is 0 Å². The van der Waals surface area contributed by atoms with Crippen LogP contribution in [0, 0.1) is 0 Å². The molecule has 21 heavy (non-hydrogen) atoms. The molecule has 2 rings (SSSR count). The van der Waals surface area contributed by atoms with Crippen molar-refractivity contribution in [3.05, 3.63) is 41.0 Å². The molecule has 0 heterocycles. The Kier molecular flexibility index (Phi) is 4.41. The van der Waals surface area contributed by atoms with Gasteiger partial charge in [0.05, 0.1) is 0 Å². The summed E-state index contributed by atoms with van der Waals surface area (Å²) in [6.45, 7) is 6.20. The minimum absolute atomic E-state index is 0.154. The van der Waals surface area contributed by atoms with E-state index in [0.717, 1.165) is 30.4 Å². The first kappa shape index (κ1) is 15.2. The first-order chi connectivity index (χ1) is 10.0. The quantitative estimate of drug-likeness (QED) is 0.740. The number of rotatable bonds is 4. The van der Waals surface area contributed by atoms with Crippen LogP contribution in [-0.2, 0) is 19.3 Å². The Hall–Kier alpha value is -2.16. The largest absolute Gasteiger partial charge is 0.507 e. The standard InChI is InChI=1S/C18H22O3/c1-4-11-10-16(20)17(13(6-3)12(11)5-2)14-8-7-9-15(19)18(14)21/h7-10,19-21H,4-6H2,1-3H3. The fourth-order valence-electron chi connectivity index (χ4n) is 3.00. The Morgan fingerprint density at radius 1 is 0.810 bits per heavy atom. The normalized spacial score (nSPS) is 10.8. The molecule has 0 spiro atoms. The molecule has 0 saturated carbocycles. The predicted octanol–water partition coefficient (Wildman–Crippen LogP) is 4.16. The Morgan fingerprint density at radius 2 is 1.48 bits per heavy atom. The maximum absolute atomic E-state index is 10.4. The average Bonchev–Trinajstić information content (AvgIpc) is 2.49. The highest BCUT2D eigenvalue weighted by atomic mass is 16.3. The first-order valence-electron chi connectivity index (χ1n) is 7.42. The van der Waals surface area contributed by atoms with Crippen molar-refractivity contribution in [2.75, 3.05) is 0 Å². The molecule has 0 saturated heterocycles. The van der Waals surface area contributed by atoms with E-state index in [2.05, 4.69) is 13.8 Å². The predicted molar refractivity (Wildman–Crippen MR) is 85.0 cm³/mol. The van der Waals surface area contributed by atoms with Crippen molar-refractivity contribution in [1.29, 1.82) is 0 Å². The Balaban J connectivity index is 2.82. The summed E-state index contributed by atoms with van der Waals surface area (Å²) < 4.78 is 0. The van der Waals surface area contributed by atoms with Crippen molar-refractivity contribution in [3.63, 3.8) is 0 Å². The van der Waals surface area contributed by atoms with Gasteiger partial charge in [-0.3, -0.25) is 0 Å². The smallest absolute Gasteiger partial charge is 0.165 e. The Bertz CT molecular complexity index is 660. The molecule has 2 aromatic carbocycles. The lowest BCUT2D eigenvalue weighted by Gasteiger charge is -2.19. The van der Waals surface area contributed by atoms with Crippen molar-refractivity contribution >= 4 is 0 Å². The topological polar surface area (TPSA) is 60.7 Å². The average molecular weight is 286 g/mol. The molecular formula is C18H22O3. The van der Waals surface area contributed by atoms with Crippen molar-refractivity contribution in [2.45, 2.75) is 40.0 Å². The van der Waals surface area contributed by atoms with Crippen LogP contribution in [0.4, 0.5) is 0 Å². The van der Waals surface area contributed by atoms with E-state index in [4.69, 9.17) is 0 Å². The van der Waals surface area contributed by atoms with Gasteiger partial charge in [0.1, 0.15) is 5.75 Å². The third-order valence-electron chi connectivity index (χ3n) is 3.99. The molecule has 0 amide bonds. The zero-order valence-corrected chi connectivity index (χ0v) is 12.8. The summed E-state index contributed by atoms with van der Waals surface area (Å²) in [5, 5.41) is 30.3. The van der Waals surface area contributed by atoms with E-state index in [-0.39, 0.29) is 17.2 Å². The molecule has 0 bridgehead atoms. The van der Waals surface area contributed by atoms with E-state index in [1.165, 1.54) is 11.6 Å². The van der Waals surface area contributed by atoms with Crippen molar-refractivity contribution in [2.24, 2.45) is 0 Å². The highest BCUT2D eigenvalue weighted by Gasteiger charge is 2.19. The third kappa shape index (κ3) is 2.56. The number of aromatic hydroxyl groups is 3. The second-order valence-electron chi connectivity index (χ2n) is 5.12. The van der Waals surface area contributed by atoms with Gasteiger partial charge < -0.3 is 15.3 Å². The van der Waals surface area contributed by atoms with Gasteiger partial charge in [0.25, 0.3) is 0 Å². The molecule has 3 N–H and O–H groups in total. The molecule has 3 nitrogen and oxygen atoms in total. The van der Waals surface area contributed by atoms with Crippen LogP contribution >= 0.6 is 0 Å². The lowest BCUT2D eigenvalue weighted by molar-refractivity contribution is 0.404. The fourth-order valence-corrected chi connectivity index (χ4v) is 3.00. The second kappa shape index (κ2) is 6.08. The van der Waals surface area contributed by atoms with E-state index < -0.39 is 0 Å². The van der Waals surface area contributed by atoms with E-state index in [0.29, 0.717) is 11.1 Å². The number of aryl methyl sites for hydroxylation is 1. The van der Waals surface area contributed by atoms with Gasteiger partial charge in [0.15, 0.2) is 11.5 Å². The van der Waals surface area contributed by atoms with Crippen LogP contribution in [0.3, 0.4) is 0 Å². The van der Waals surface area contributed by atoms with Crippen molar-refractivity contribution in [3.8, 4) is 28.4 Å². The molecule has 112 valence electrons. The van der Waals surface area contributed by atoms with E-state index in [1.807, 2.05) is 6.92 Å². The van der Waals surface area contributed by atoms with Crippen LogP contribution in [0.1, 0.15) is 37.5 Å². The molecule has 0 atom stereocenters.